The van der Waals surface area contributed by atoms with Gasteiger partial charge in [0, 0.05) is 25.2 Å². The van der Waals surface area contributed by atoms with Crippen LogP contribution in [0, 0.1) is 0 Å². The largest absolute Gasteiger partial charge is 0.462 e. The lowest BCUT2D eigenvalue weighted by atomic mass is 10.2. The lowest BCUT2D eigenvalue weighted by molar-refractivity contribution is -0.128. The molecule has 0 saturated carbocycles. The highest BCUT2D eigenvalue weighted by Crippen LogP contribution is 2.31. The van der Waals surface area contributed by atoms with E-state index in [4.69, 9.17) is 4.74 Å². The summed E-state index contributed by atoms with van der Waals surface area (Å²) in [6.07, 6.45) is 0.959. The van der Waals surface area contributed by atoms with Crippen LogP contribution in [0.15, 0.2) is 29.3 Å². The van der Waals surface area contributed by atoms with Crippen molar-refractivity contribution in [3.8, 4) is 0 Å². The quantitative estimate of drug-likeness (QED) is 0.809. The minimum absolute atomic E-state index is 0.0451. The van der Waals surface area contributed by atoms with Crippen molar-refractivity contribution >= 4 is 40.4 Å². The summed E-state index contributed by atoms with van der Waals surface area (Å²) < 4.78 is 4.91. The van der Waals surface area contributed by atoms with Gasteiger partial charge in [-0.2, -0.15) is 0 Å². The fraction of sp³-hybridized carbons (Fsp3) is 0.412. The van der Waals surface area contributed by atoms with Gasteiger partial charge < -0.3 is 10.1 Å². The van der Waals surface area contributed by atoms with Gasteiger partial charge in [0.25, 0.3) is 0 Å². The van der Waals surface area contributed by atoms with Crippen LogP contribution in [0.25, 0.3) is 0 Å². The number of carbonyl (C=O) groups excluding carboxylic acids is 3. The predicted octanol–water partition coefficient (Wildman–Crippen LogP) is 1.90. The van der Waals surface area contributed by atoms with Crippen LogP contribution in [-0.4, -0.2) is 52.8 Å². The Hall–Kier alpha value is -2.35. The summed E-state index contributed by atoms with van der Waals surface area (Å²) in [6, 6.07) is 6.47. The Morgan fingerprint density at radius 1 is 1.36 bits per heavy atom. The highest BCUT2D eigenvalue weighted by atomic mass is 32.2. The second-order valence-corrected chi connectivity index (χ2v) is 6.83. The van der Waals surface area contributed by atoms with E-state index in [0.29, 0.717) is 24.4 Å². The molecule has 0 bridgehead atoms. The standard InChI is InChI=1S/C17H19N3O4S/c1-2-24-16(23)11-4-6-12(7-5-11)19-14(21)10-13-15(22)20-9-3-8-18-17(20)25-13/h4-7,13H,2-3,8-10H2,1H3,(H,19,21). The molecule has 2 aliphatic rings. The second kappa shape index (κ2) is 7.69. The maximum atomic E-state index is 12.3. The Morgan fingerprint density at radius 3 is 2.80 bits per heavy atom. The Labute approximate surface area is 149 Å². The summed E-state index contributed by atoms with van der Waals surface area (Å²) in [6.45, 7) is 3.47. The molecule has 2 amide bonds. The minimum atomic E-state index is -0.421. The summed E-state index contributed by atoms with van der Waals surface area (Å²) in [7, 11) is 0. The maximum absolute atomic E-state index is 12.3. The van der Waals surface area contributed by atoms with Crippen molar-refractivity contribution in [2.24, 2.45) is 4.99 Å². The molecule has 0 radical (unpaired) electrons. The van der Waals surface area contributed by atoms with Crippen LogP contribution in [-0.2, 0) is 14.3 Å². The third kappa shape index (κ3) is 4.01. The first-order valence-corrected chi connectivity index (χ1v) is 9.06. The fourth-order valence-electron chi connectivity index (χ4n) is 2.65. The third-order valence-electron chi connectivity index (χ3n) is 3.86. The van der Waals surface area contributed by atoms with E-state index < -0.39 is 11.2 Å². The molecule has 2 heterocycles. The van der Waals surface area contributed by atoms with Crippen molar-refractivity contribution in [2.45, 2.75) is 25.0 Å². The van der Waals surface area contributed by atoms with E-state index in [1.54, 1.807) is 36.1 Å². The number of rotatable bonds is 5. The smallest absolute Gasteiger partial charge is 0.338 e. The van der Waals surface area contributed by atoms with Crippen LogP contribution in [0.1, 0.15) is 30.1 Å². The van der Waals surface area contributed by atoms with Crippen molar-refractivity contribution in [2.75, 3.05) is 25.0 Å². The van der Waals surface area contributed by atoms with E-state index >= 15 is 0 Å². The van der Waals surface area contributed by atoms with E-state index in [0.717, 1.165) is 18.1 Å². The zero-order chi connectivity index (χ0) is 17.8. The Kier molecular flexibility index (Phi) is 5.37. The highest BCUT2D eigenvalue weighted by molar-refractivity contribution is 8.15. The topological polar surface area (TPSA) is 88.1 Å². The molecular weight excluding hydrogens is 342 g/mol. The molecule has 1 aromatic rings. The number of ether oxygens (including phenoxy) is 1. The van der Waals surface area contributed by atoms with Crippen molar-refractivity contribution in [1.82, 2.24) is 4.90 Å². The van der Waals surface area contributed by atoms with Gasteiger partial charge in [-0.25, -0.2) is 4.79 Å². The minimum Gasteiger partial charge on any atom is -0.462 e. The molecule has 0 aliphatic carbocycles. The number of hydrogen-bond acceptors (Lipinski definition) is 6. The maximum Gasteiger partial charge on any atom is 0.338 e. The van der Waals surface area contributed by atoms with Crippen LogP contribution in [0.2, 0.25) is 0 Å². The lowest BCUT2D eigenvalue weighted by Gasteiger charge is -2.19. The molecule has 1 saturated heterocycles. The first-order valence-electron chi connectivity index (χ1n) is 8.18. The highest BCUT2D eigenvalue weighted by Gasteiger charge is 2.39. The number of amides is 2. The van der Waals surface area contributed by atoms with Gasteiger partial charge in [-0.15, -0.1) is 0 Å². The number of nitrogens with one attached hydrogen (secondary N) is 1. The van der Waals surface area contributed by atoms with Crippen LogP contribution >= 0.6 is 11.8 Å². The van der Waals surface area contributed by atoms with E-state index in [1.165, 1.54) is 11.8 Å². The number of amidine groups is 1. The third-order valence-corrected chi connectivity index (χ3v) is 5.07. The number of nitrogens with zero attached hydrogens (tertiary/aromatic N) is 2. The molecule has 1 atom stereocenters. The number of thioether (sulfide) groups is 1. The second-order valence-electron chi connectivity index (χ2n) is 5.66. The zero-order valence-electron chi connectivity index (χ0n) is 13.9. The lowest BCUT2D eigenvalue weighted by Crippen LogP contribution is -2.36. The van der Waals surface area contributed by atoms with Crippen molar-refractivity contribution in [3.05, 3.63) is 29.8 Å². The van der Waals surface area contributed by atoms with Gasteiger partial charge in [-0.05, 0) is 37.6 Å². The van der Waals surface area contributed by atoms with Gasteiger partial charge in [-0.1, -0.05) is 11.8 Å². The first kappa shape index (κ1) is 17.5. The van der Waals surface area contributed by atoms with Gasteiger partial charge >= 0.3 is 5.97 Å². The number of anilines is 1. The van der Waals surface area contributed by atoms with Gasteiger partial charge in [0.1, 0.15) is 5.25 Å². The summed E-state index contributed by atoms with van der Waals surface area (Å²) >= 11 is 1.36. The average Bonchev–Trinajstić information content (AvgIpc) is 2.92. The van der Waals surface area contributed by atoms with Crippen molar-refractivity contribution in [1.29, 1.82) is 0 Å². The summed E-state index contributed by atoms with van der Waals surface area (Å²) in [4.78, 5) is 42.1. The number of hydrogen-bond donors (Lipinski definition) is 1. The van der Waals surface area contributed by atoms with Crippen molar-refractivity contribution in [3.63, 3.8) is 0 Å². The Morgan fingerprint density at radius 2 is 2.12 bits per heavy atom. The monoisotopic (exact) mass is 361 g/mol. The zero-order valence-corrected chi connectivity index (χ0v) is 14.7. The molecular formula is C17H19N3O4S. The first-order chi connectivity index (χ1) is 12.1. The van der Waals surface area contributed by atoms with E-state index in [1.807, 2.05) is 0 Å². The van der Waals surface area contributed by atoms with Gasteiger partial charge in [0.2, 0.25) is 11.8 Å². The molecule has 25 heavy (non-hydrogen) atoms. The molecule has 1 fully saturated rings. The molecule has 132 valence electrons. The number of aliphatic imine (C=N–C) groups is 1. The fourth-order valence-corrected chi connectivity index (χ4v) is 3.85. The molecule has 7 nitrogen and oxygen atoms in total. The van der Waals surface area contributed by atoms with Gasteiger partial charge in [-0.3, -0.25) is 19.5 Å². The summed E-state index contributed by atoms with van der Waals surface area (Å²) in [5.41, 5.74) is 1.000. The van der Waals surface area contributed by atoms with Crippen molar-refractivity contribution < 1.29 is 19.1 Å². The molecule has 1 aromatic carbocycles. The van der Waals surface area contributed by atoms with E-state index in [-0.39, 0.29) is 18.2 Å². The van der Waals surface area contributed by atoms with Gasteiger partial charge in [0.15, 0.2) is 5.17 Å². The Bertz CT molecular complexity index is 717. The normalized spacial score (nSPS) is 19.2. The number of benzene rings is 1. The number of fused-ring (bicyclic) bond motifs is 1. The average molecular weight is 361 g/mol. The Balaban J connectivity index is 1.56. The van der Waals surface area contributed by atoms with E-state index in [9.17, 15) is 14.4 Å². The van der Waals surface area contributed by atoms with Gasteiger partial charge in [0.05, 0.1) is 12.2 Å². The predicted molar refractivity (Wildman–Crippen MR) is 95.7 cm³/mol. The molecule has 2 aliphatic heterocycles. The molecule has 1 N–H and O–H groups in total. The summed E-state index contributed by atoms with van der Waals surface area (Å²) in [5, 5.41) is 3.06. The van der Waals surface area contributed by atoms with E-state index in [2.05, 4.69) is 10.3 Å². The van der Waals surface area contributed by atoms with Crippen LogP contribution < -0.4 is 5.32 Å². The van der Waals surface area contributed by atoms with Crippen LogP contribution in [0.3, 0.4) is 0 Å². The molecule has 0 aromatic heterocycles. The SMILES string of the molecule is CCOC(=O)c1ccc(NC(=O)CC2SC3=NCCCN3C2=O)cc1. The summed E-state index contributed by atoms with van der Waals surface area (Å²) in [5.74, 6) is -0.683. The molecule has 0 spiro atoms. The van der Waals surface area contributed by atoms with Crippen LogP contribution in [0.4, 0.5) is 5.69 Å². The van der Waals surface area contributed by atoms with Crippen LogP contribution in [0.5, 0.6) is 0 Å². The molecule has 8 heteroatoms. The molecule has 3 rings (SSSR count). The number of esters is 1. The molecule has 1 unspecified atom stereocenters. The number of carbonyl (C=O) groups is 3.